The number of aliphatic hydroxyl groups excluding tert-OH is 3. The highest BCUT2D eigenvalue weighted by Gasteiger charge is 2.26. The van der Waals surface area contributed by atoms with Gasteiger partial charge in [-0.2, -0.15) is 0 Å². The quantitative estimate of drug-likeness (QED) is 0.253. The SMILES string of the molecule is O=C(O)C[C@H](NC(O)C(O)CO)C(=O)O. The van der Waals surface area contributed by atoms with Gasteiger partial charge in [0.25, 0.3) is 0 Å². The van der Waals surface area contributed by atoms with Gasteiger partial charge >= 0.3 is 11.9 Å². The molecule has 0 aromatic rings. The summed E-state index contributed by atoms with van der Waals surface area (Å²) >= 11 is 0. The van der Waals surface area contributed by atoms with E-state index in [9.17, 15) is 9.59 Å². The van der Waals surface area contributed by atoms with Crippen molar-refractivity contribution >= 4 is 11.9 Å². The van der Waals surface area contributed by atoms with Crippen molar-refractivity contribution in [1.29, 1.82) is 0 Å². The fraction of sp³-hybridized carbons (Fsp3) is 0.714. The summed E-state index contributed by atoms with van der Waals surface area (Å²) in [5.41, 5.74) is 0. The summed E-state index contributed by atoms with van der Waals surface area (Å²) in [5, 5.41) is 45.2. The maximum Gasteiger partial charge on any atom is 0.321 e. The minimum atomic E-state index is -1.70. The smallest absolute Gasteiger partial charge is 0.321 e. The van der Waals surface area contributed by atoms with E-state index < -0.39 is 43.3 Å². The standard InChI is InChI=1S/C7H13NO7/c9-2-4(10)6(13)8-3(7(14)15)1-5(11)12/h3-4,6,8-10,13H,1-2H2,(H,11,12)(H,14,15)/t3-,4?,6?/m0/s1. The zero-order chi connectivity index (χ0) is 12.0. The Balaban J connectivity index is 4.28. The number of nitrogens with one attached hydrogen (secondary N) is 1. The van der Waals surface area contributed by atoms with Gasteiger partial charge in [0.15, 0.2) is 0 Å². The van der Waals surface area contributed by atoms with Crippen molar-refractivity contribution in [1.82, 2.24) is 5.32 Å². The van der Waals surface area contributed by atoms with Crippen LogP contribution in [0.4, 0.5) is 0 Å². The maximum absolute atomic E-state index is 10.5. The first-order chi connectivity index (χ1) is 6.88. The predicted molar refractivity (Wildman–Crippen MR) is 45.9 cm³/mol. The lowest BCUT2D eigenvalue weighted by Gasteiger charge is -2.20. The highest BCUT2D eigenvalue weighted by Crippen LogP contribution is 1.97. The van der Waals surface area contributed by atoms with Crippen LogP contribution in [0.25, 0.3) is 0 Å². The van der Waals surface area contributed by atoms with Gasteiger partial charge in [-0.25, -0.2) is 0 Å². The monoisotopic (exact) mass is 223 g/mol. The molecule has 0 bridgehead atoms. The number of hydrogen-bond acceptors (Lipinski definition) is 6. The van der Waals surface area contributed by atoms with E-state index in [-0.39, 0.29) is 0 Å². The lowest BCUT2D eigenvalue weighted by molar-refractivity contribution is -0.148. The first kappa shape index (κ1) is 13.8. The van der Waals surface area contributed by atoms with Gasteiger partial charge in [-0.3, -0.25) is 14.9 Å². The van der Waals surface area contributed by atoms with E-state index in [0.717, 1.165) is 0 Å². The van der Waals surface area contributed by atoms with Crippen LogP contribution in [0.3, 0.4) is 0 Å². The van der Waals surface area contributed by atoms with Gasteiger partial charge in [0.2, 0.25) is 0 Å². The molecule has 0 fully saturated rings. The Morgan fingerprint density at radius 3 is 2.07 bits per heavy atom. The van der Waals surface area contributed by atoms with Crippen LogP contribution in [-0.2, 0) is 9.59 Å². The summed E-state index contributed by atoms with van der Waals surface area (Å²) < 4.78 is 0. The number of aliphatic carboxylic acids is 2. The summed E-state index contributed by atoms with van der Waals surface area (Å²) in [4.78, 5) is 20.7. The summed E-state index contributed by atoms with van der Waals surface area (Å²) in [5.74, 6) is -2.83. The van der Waals surface area contributed by atoms with Crippen molar-refractivity contribution < 1.29 is 35.1 Å². The van der Waals surface area contributed by atoms with E-state index in [2.05, 4.69) is 0 Å². The van der Waals surface area contributed by atoms with Crippen molar-refractivity contribution in [3.63, 3.8) is 0 Å². The van der Waals surface area contributed by atoms with Crippen molar-refractivity contribution in [3.05, 3.63) is 0 Å². The number of carboxylic acid groups (broad SMARTS) is 2. The van der Waals surface area contributed by atoms with Crippen molar-refractivity contribution in [2.75, 3.05) is 6.61 Å². The summed E-state index contributed by atoms with van der Waals surface area (Å²) in [6.45, 7) is -0.770. The lowest BCUT2D eigenvalue weighted by Crippen LogP contribution is -2.50. The number of rotatable bonds is 7. The second-order valence-electron chi connectivity index (χ2n) is 2.85. The van der Waals surface area contributed by atoms with E-state index >= 15 is 0 Å². The van der Waals surface area contributed by atoms with Crippen LogP contribution < -0.4 is 5.32 Å². The zero-order valence-electron chi connectivity index (χ0n) is 7.70. The molecule has 88 valence electrons. The second kappa shape index (κ2) is 6.30. The Kier molecular flexibility index (Phi) is 5.79. The van der Waals surface area contributed by atoms with Gasteiger partial charge < -0.3 is 25.5 Å². The number of carbonyl (C=O) groups is 2. The number of hydrogen-bond donors (Lipinski definition) is 6. The zero-order valence-corrected chi connectivity index (χ0v) is 7.70. The van der Waals surface area contributed by atoms with Gasteiger partial charge in [-0.15, -0.1) is 0 Å². The van der Waals surface area contributed by atoms with Crippen LogP contribution in [0.2, 0.25) is 0 Å². The molecule has 0 spiro atoms. The minimum Gasteiger partial charge on any atom is -0.481 e. The molecule has 0 aliphatic rings. The largest absolute Gasteiger partial charge is 0.481 e. The van der Waals surface area contributed by atoms with E-state index in [1.165, 1.54) is 0 Å². The van der Waals surface area contributed by atoms with Gasteiger partial charge in [0, 0.05) is 0 Å². The fourth-order valence-corrected chi connectivity index (χ4v) is 0.809. The molecular weight excluding hydrogens is 210 g/mol. The third-order valence-corrected chi connectivity index (χ3v) is 1.60. The van der Waals surface area contributed by atoms with E-state index in [4.69, 9.17) is 25.5 Å². The first-order valence-electron chi connectivity index (χ1n) is 4.06. The van der Waals surface area contributed by atoms with Crippen LogP contribution in [0.5, 0.6) is 0 Å². The molecule has 0 saturated heterocycles. The van der Waals surface area contributed by atoms with E-state index in [1.54, 1.807) is 0 Å². The average molecular weight is 223 g/mol. The molecule has 0 radical (unpaired) electrons. The highest BCUT2D eigenvalue weighted by atomic mass is 16.4. The van der Waals surface area contributed by atoms with Gasteiger partial charge in [-0.05, 0) is 0 Å². The summed E-state index contributed by atoms with van der Waals surface area (Å²) in [7, 11) is 0. The van der Waals surface area contributed by atoms with Crippen LogP contribution in [0.15, 0.2) is 0 Å². The van der Waals surface area contributed by atoms with Crippen LogP contribution in [-0.4, -0.2) is 62.5 Å². The molecule has 8 nitrogen and oxygen atoms in total. The van der Waals surface area contributed by atoms with Crippen LogP contribution >= 0.6 is 0 Å². The van der Waals surface area contributed by atoms with Gasteiger partial charge in [0.05, 0.1) is 13.0 Å². The topological polar surface area (TPSA) is 147 Å². The lowest BCUT2D eigenvalue weighted by atomic mass is 10.2. The number of carboxylic acids is 2. The molecule has 15 heavy (non-hydrogen) atoms. The molecule has 0 saturated carbocycles. The molecule has 0 aliphatic carbocycles. The minimum absolute atomic E-state index is 0.745. The number of aliphatic hydroxyl groups is 3. The molecule has 0 aromatic heterocycles. The maximum atomic E-state index is 10.5. The predicted octanol–water partition coefficient (Wildman–Crippen LogP) is -2.82. The summed E-state index contributed by atoms with van der Waals surface area (Å²) in [6, 6.07) is -1.53. The van der Waals surface area contributed by atoms with E-state index in [1.807, 2.05) is 5.32 Å². The molecule has 3 atom stereocenters. The van der Waals surface area contributed by atoms with Crippen LogP contribution in [0, 0.1) is 0 Å². The fourth-order valence-electron chi connectivity index (χ4n) is 0.809. The Hall–Kier alpha value is -1.22. The Morgan fingerprint density at radius 1 is 1.20 bits per heavy atom. The van der Waals surface area contributed by atoms with Gasteiger partial charge in [-0.1, -0.05) is 0 Å². The third-order valence-electron chi connectivity index (χ3n) is 1.60. The highest BCUT2D eigenvalue weighted by molar-refractivity contribution is 5.80. The molecular formula is C7H13NO7. The third kappa shape index (κ3) is 5.27. The van der Waals surface area contributed by atoms with Gasteiger partial charge in [0.1, 0.15) is 18.4 Å². The normalized spacial score (nSPS) is 16.7. The average Bonchev–Trinajstić information content (AvgIpc) is 2.14. The van der Waals surface area contributed by atoms with Crippen molar-refractivity contribution in [2.45, 2.75) is 24.8 Å². The Morgan fingerprint density at radius 2 is 1.73 bits per heavy atom. The molecule has 0 aliphatic heterocycles. The first-order valence-corrected chi connectivity index (χ1v) is 4.06. The second-order valence-corrected chi connectivity index (χ2v) is 2.85. The Labute approximate surface area is 84.8 Å². The summed E-state index contributed by atoms with van der Waals surface area (Å²) in [6.07, 6.45) is -4.01. The molecule has 0 amide bonds. The molecule has 8 heteroatoms. The van der Waals surface area contributed by atoms with Crippen molar-refractivity contribution in [2.24, 2.45) is 0 Å². The molecule has 0 rings (SSSR count). The molecule has 2 unspecified atom stereocenters. The van der Waals surface area contributed by atoms with Crippen LogP contribution in [0.1, 0.15) is 6.42 Å². The van der Waals surface area contributed by atoms with E-state index in [0.29, 0.717) is 0 Å². The molecule has 0 aromatic carbocycles. The Bertz CT molecular complexity index is 231. The molecule has 6 N–H and O–H groups in total. The molecule has 0 heterocycles. The van der Waals surface area contributed by atoms with Crippen molar-refractivity contribution in [3.8, 4) is 0 Å².